The highest BCUT2D eigenvalue weighted by Gasteiger charge is 2.02. The van der Waals surface area contributed by atoms with Gasteiger partial charge in [-0.2, -0.15) is 0 Å². The maximum Gasteiger partial charge on any atom is 0.248 e. The summed E-state index contributed by atoms with van der Waals surface area (Å²) in [5, 5.41) is 0. The van der Waals surface area contributed by atoms with Crippen molar-refractivity contribution in [3.63, 3.8) is 0 Å². The second-order valence-corrected chi connectivity index (χ2v) is 3.22. The highest BCUT2D eigenvalue weighted by Crippen LogP contribution is 2.19. The summed E-state index contributed by atoms with van der Waals surface area (Å²) < 4.78 is 0. The van der Waals surface area contributed by atoms with Gasteiger partial charge in [-0.3, -0.25) is 4.79 Å². The van der Waals surface area contributed by atoms with E-state index in [4.69, 9.17) is 5.73 Å². The van der Waals surface area contributed by atoms with Crippen molar-refractivity contribution in [3.8, 4) is 11.1 Å². The summed E-state index contributed by atoms with van der Waals surface area (Å²) in [6, 6.07) is 17.9. The molecule has 2 N–H and O–H groups in total. The molecule has 0 aliphatic heterocycles. The second kappa shape index (κ2) is 3.96. The van der Waals surface area contributed by atoms with Crippen molar-refractivity contribution in [1.82, 2.24) is 0 Å². The van der Waals surface area contributed by atoms with E-state index in [0.29, 0.717) is 5.56 Å². The lowest BCUT2D eigenvalue weighted by Gasteiger charge is -2.02. The number of primary amides is 1. The SMILES string of the molecule is NC(=O)c1cccc(-c2[c]cccc2)c1. The van der Waals surface area contributed by atoms with Gasteiger partial charge in [0.2, 0.25) is 5.91 Å². The van der Waals surface area contributed by atoms with Gasteiger partial charge in [0.05, 0.1) is 0 Å². The maximum absolute atomic E-state index is 11.0. The summed E-state index contributed by atoms with van der Waals surface area (Å²) in [7, 11) is 0. The molecule has 0 unspecified atom stereocenters. The van der Waals surface area contributed by atoms with Crippen molar-refractivity contribution in [3.05, 3.63) is 60.2 Å². The molecule has 0 heterocycles. The molecule has 2 aromatic carbocycles. The third kappa shape index (κ3) is 2.05. The fourth-order valence-electron chi connectivity index (χ4n) is 1.41. The van der Waals surface area contributed by atoms with E-state index in [1.807, 2.05) is 36.4 Å². The zero-order valence-electron chi connectivity index (χ0n) is 8.10. The third-order valence-electron chi connectivity index (χ3n) is 2.17. The molecule has 0 bridgehead atoms. The van der Waals surface area contributed by atoms with Crippen molar-refractivity contribution >= 4 is 5.91 Å². The minimum atomic E-state index is -0.409. The standard InChI is InChI=1S/C13H10NO/c14-13(15)12-8-4-7-11(9-12)10-5-2-1-3-6-10/h1-5,7-9H,(H2,14,15). The lowest BCUT2D eigenvalue weighted by Crippen LogP contribution is -2.10. The minimum absolute atomic E-state index is 0.409. The predicted octanol–water partition coefficient (Wildman–Crippen LogP) is 2.25. The fraction of sp³-hybridized carbons (Fsp3) is 0. The number of hydrogen-bond donors (Lipinski definition) is 1. The van der Waals surface area contributed by atoms with Crippen LogP contribution in [0.1, 0.15) is 10.4 Å². The van der Waals surface area contributed by atoms with Gasteiger partial charge in [-0.15, -0.1) is 0 Å². The van der Waals surface area contributed by atoms with Crippen LogP contribution in [-0.4, -0.2) is 5.91 Å². The molecule has 0 aromatic heterocycles. The summed E-state index contributed by atoms with van der Waals surface area (Å²) in [5.41, 5.74) is 7.64. The van der Waals surface area contributed by atoms with Gasteiger partial charge in [0.1, 0.15) is 0 Å². The number of rotatable bonds is 2. The van der Waals surface area contributed by atoms with E-state index in [-0.39, 0.29) is 0 Å². The molecule has 15 heavy (non-hydrogen) atoms. The first-order chi connectivity index (χ1) is 7.27. The number of carbonyl (C=O) groups excluding carboxylic acids is 1. The van der Waals surface area contributed by atoms with E-state index in [2.05, 4.69) is 6.07 Å². The Morgan fingerprint density at radius 1 is 1.13 bits per heavy atom. The Morgan fingerprint density at radius 2 is 2.00 bits per heavy atom. The molecule has 0 saturated heterocycles. The Hall–Kier alpha value is -2.09. The summed E-state index contributed by atoms with van der Waals surface area (Å²) in [4.78, 5) is 11.0. The van der Waals surface area contributed by atoms with Gasteiger partial charge >= 0.3 is 0 Å². The van der Waals surface area contributed by atoms with Gasteiger partial charge in [0.15, 0.2) is 0 Å². The van der Waals surface area contributed by atoms with Crippen molar-refractivity contribution < 1.29 is 4.79 Å². The Labute approximate surface area is 88.4 Å². The van der Waals surface area contributed by atoms with Crippen molar-refractivity contribution in [1.29, 1.82) is 0 Å². The summed E-state index contributed by atoms with van der Waals surface area (Å²) in [6.45, 7) is 0. The van der Waals surface area contributed by atoms with Crippen LogP contribution in [0.25, 0.3) is 11.1 Å². The van der Waals surface area contributed by atoms with E-state index in [1.165, 1.54) is 0 Å². The molecule has 1 radical (unpaired) electrons. The number of benzene rings is 2. The van der Waals surface area contributed by atoms with Crippen LogP contribution in [-0.2, 0) is 0 Å². The molecule has 1 amide bonds. The lowest BCUT2D eigenvalue weighted by molar-refractivity contribution is 0.100. The molecule has 0 aliphatic rings. The maximum atomic E-state index is 11.0. The topological polar surface area (TPSA) is 43.1 Å². The van der Waals surface area contributed by atoms with Gasteiger partial charge in [-0.25, -0.2) is 0 Å². The molecule has 73 valence electrons. The first kappa shape index (κ1) is 9.46. The zero-order valence-corrected chi connectivity index (χ0v) is 8.10. The van der Waals surface area contributed by atoms with Crippen LogP contribution in [0.3, 0.4) is 0 Å². The van der Waals surface area contributed by atoms with Crippen molar-refractivity contribution in [2.45, 2.75) is 0 Å². The molecular formula is C13H10NO. The van der Waals surface area contributed by atoms with Gasteiger partial charge in [-0.05, 0) is 29.3 Å². The predicted molar refractivity (Wildman–Crippen MR) is 59.2 cm³/mol. The summed E-state index contributed by atoms with van der Waals surface area (Å²) in [5.74, 6) is -0.409. The van der Waals surface area contributed by atoms with Crippen LogP contribution in [0.2, 0.25) is 0 Å². The molecular weight excluding hydrogens is 186 g/mol. The Morgan fingerprint density at radius 3 is 2.67 bits per heavy atom. The Balaban J connectivity index is 2.46. The molecule has 0 spiro atoms. The van der Waals surface area contributed by atoms with Crippen LogP contribution in [0, 0.1) is 6.07 Å². The smallest absolute Gasteiger partial charge is 0.248 e. The molecule has 2 nitrogen and oxygen atoms in total. The molecule has 2 heteroatoms. The Kier molecular flexibility index (Phi) is 2.50. The molecule has 0 aliphatic carbocycles. The van der Waals surface area contributed by atoms with Gasteiger partial charge in [0, 0.05) is 5.56 Å². The van der Waals surface area contributed by atoms with E-state index in [0.717, 1.165) is 11.1 Å². The molecule has 2 aromatic rings. The molecule has 0 atom stereocenters. The summed E-state index contributed by atoms with van der Waals surface area (Å²) in [6.07, 6.45) is 0. The van der Waals surface area contributed by atoms with Crippen LogP contribution in [0.15, 0.2) is 48.5 Å². The van der Waals surface area contributed by atoms with Crippen LogP contribution < -0.4 is 5.73 Å². The van der Waals surface area contributed by atoms with E-state index < -0.39 is 5.91 Å². The van der Waals surface area contributed by atoms with E-state index in [9.17, 15) is 4.79 Å². The quantitative estimate of drug-likeness (QED) is 0.786. The lowest BCUT2D eigenvalue weighted by atomic mass is 10.0. The normalized spacial score (nSPS) is 9.87. The highest BCUT2D eigenvalue weighted by atomic mass is 16.1. The number of nitrogens with two attached hydrogens (primary N) is 1. The van der Waals surface area contributed by atoms with Gasteiger partial charge < -0.3 is 5.73 Å². The Bertz CT molecular complexity index is 477. The van der Waals surface area contributed by atoms with Crippen LogP contribution in [0.4, 0.5) is 0 Å². The fourth-order valence-corrected chi connectivity index (χ4v) is 1.41. The average Bonchev–Trinajstić information content (AvgIpc) is 2.30. The van der Waals surface area contributed by atoms with Gasteiger partial charge in [0.25, 0.3) is 0 Å². The molecule has 2 rings (SSSR count). The van der Waals surface area contributed by atoms with Crippen molar-refractivity contribution in [2.24, 2.45) is 5.73 Å². The average molecular weight is 196 g/mol. The summed E-state index contributed by atoms with van der Waals surface area (Å²) >= 11 is 0. The second-order valence-electron chi connectivity index (χ2n) is 3.22. The van der Waals surface area contributed by atoms with E-state index in [1.54, 1.807) is 12.1 Å². The third-order valence-corrected chi connectivity index (χ3v) is 2.17. The molecule has 0 fully saturated rings. The molecule has 0 saturated carbocycles. The number of carbonyl (C=O) groups is 1. The zero-order chi connectivity index (χ0) is 10.7. The largest absolute Gasteiger partial charge is 0.366 e. The van der Waals surface area contributed by atoms with E-state index >= 15 is 0 Å². The first-order valence-corrected chi connectivity index (χ1v) is 4.64. The highest BCUT2D eigenvalue weighted by molar-refractivity contribution is 5.94. The van der Waals surface area contributed by atoms with Gasteiger partial charge in [-0.1, -0.05) is 36.4 Å². The minimum Gasteiger partial charge on any atom is -0.366 e. The number of hydrogen-bond acceptors (Lipinski definition) is 1. The number of amides is 1. The van der Waals surface area contributed by atoms with Crippen LogP contribution in [0.5, 0.6) is 0 Å². The van der Waals surface area contributed by atoms with Crippen molar-refractivity contribution in [2.75, 3.05) is 0 Å². The van der Waals surface area contributed by atoms with Crippen LogP contribution >= 0.6 is 0 Å². The first-order valence-electron chi connectivity index (χ1n) is 4.64. The monoisotopic (exact) mass is 196 g/mol.